The lowest BCUT2D eigenvalue weighted by molar-refractivity contribution is -0.132. The van der Waals surface area contributed by atoms with E-state index in [1.165, 1.54) is 5.56 Å². The van der Waals surface area contributed by atoms with Gasteiger partial charge in [-0.05, 0) is 29.7 Å². The minimum absolute atomic E-state index is 0.0987. The van der Waals surface area contributed by atoms with Crippen LogP contribution in [0.4, 0.5) is 0 Å². The van der Waals surface area contributed by atoms with Crippen molar-refractivity contribution < 1.29 is 14.3 Å². The average molecular weight is 498 g/mol. The molecule has 1 atom stereocenters. The maximum absolute atomic E-state index is 13.3. The molecule has 1 unspecified atom stereocenters. The predicted molar refractivity (Wildman–Crippen MR) is 128 cm³/mol. The van der Waals surface area contributed by atoms with E-state index in [2.05, 4.69) is 67.9 Å². The number of rotatable bonds is 10. The number of hydrogen-bond donors (Lipinski definition) is 0. The number of aromatic nitrogens is 2. The number of carbonyl (C=O) groups excluding carboxylic acids is 1. The van der Waals surface area contributed by atoms with E-state index in [0.717, 1.165) is 21.4 Å². The summed E-state index contributed by atoms with van der Waals surface area (Å²) in [5, 5.41) is 0. The molecule has 0 bridgehead atoms. The lowest BCUT2D eigenvalue weighted by Crippen LogP contribution is -2.39. The number of fused-ring (bicyclic) bond motifs is 3. The Balaban J connectivity index is 1.71. The minimum atomic E-state index is -0.493. The zero-order chi connectivity index (χ0) is 22.6. The second-order valence-corrected chi connectivity index (χ2v) is 8.82. The van der Waals surface area contributed by atoms with Crippen molar-refractivity contribution in [1.82, 2.24) is 14.5 Å². The Morgan fingerprint density at radius 2 is 1.75 bits per heavy atom. The largest absolute Gasteiger partial charge is 0.383 e. The van der Waals surface area contributed by atoms with Crippen LogP contribution in [-0.4, -0.2) is 60.9 Å². The van der Waals surface area contributed by atoms with Gasteiger partial charge in [0.15, 0.2) is 0 Å². The summed E-state index contributed by atoms with van der Waals surface area (Å²) < 4.78 is 13.7. The standard InChI is InChI=1S/C25H28BrN3O3/c1-31-17-15-28(16-18-32-2)23(30)11-12-25(19-7-9-20(26)10-8-19)22-6-4-3-5-21(22)24-27-13-14-29(24)25/h3-10,13-14H,11-12,15-18H2,1-2H3. The molecule has 2 heterocycles. The van der Waals surface area contributed by atoms with Gasteiger partial charge >= 0.3 is 0 Å². The van der Waals surface area contributed by atoms with Gasteiger partial charge in [0.25, 0.3) is 0 Å². The highest BCUT2D eigenvalue weighted by Gasteiger charge is 2.44. The fourth-order valence-electron chi connectivity index (χ4n) is 4.61. The van der Waals surface area contributed by atoms with Crippen LogP contribution in [0.25, 0.3) is 11.4 Å². The van der Waals surface area contributed by atoms with Gasteiger partial charge in [-0.1, -0.05) is 52.3 Å². The number of amides is 1. The Morgan fingerprint density at radius 1 is 1.06 bits per heavy atom. The first kappa shape index (κ1) is 22.7. The second kappa shape index (κ2) is 9.98. The first-order valence-corrected chi connectivity index (χ1v) is 11.6. The molecule has 6 nitrogen and oxygen atoms in total. The molecular weight excluding hydrogens is 470 g/mol. The molecule has 1 aliphatic heterocycles. The molecule has 1 amide bonds. The summed E-state index contributed by atoms with van der Waals surface area (Å²) in [6.45, 7) is 2.11. The molecule has 0 saturated heterocycles. The van der Waals surface area contributed by atoms with E-state index in [9.17, 15) is 4.79 Å². The normalized spacial score (nSPS) is 16.6. The molecule has 0 N–H and O–H groups in total. The van der Waals surface area contributed by atoms with Crippen LogP contribution >= 0.6 is 15.9 Å². The van der Waals surface area contributed by atoms with Crippen molar-refractivity contribution in [2.45, 2.75) is 18.4 Å². The van der Waals surface area contributed by atoms with E-state index in [0.29, 0.717) is 39.1 Å². The van der Waals surface area contributed by atoms with Crippen molar-refractivity contribution in [2.24, 2.45) is 0 Å². The topological polar surface area (TPSA) is 56.6 Å². The highest BCUT2D eigenvalue weighted by molar-refractivity contribution is 9.10. The molecule has 1 aromatic heterocycles. The van der Waals surface area contributed by atoms with Gasteiger partial charge < -0.3 is 18.9 Å². The molecule has 0 fully saturated rings. The summed E-state index contributed by atoms with van der Waals surface area (Å²) in [4.78, 5) is 19.8. The van der Waals surface area contributed by atoms with Gasteiger partial charge in [0, 0.05) is 56.2 Å². The van der Waals surface area contributed by atoms with Crippen LogP contribution in [-0.2, 0) is 19.8 Å². The molecule has 7 heteroatoms. The Morgan fingerprint density at radius 3 is 2.44 bits per heavy atom. The highest BCUT2D eigenvalue weighted by Crippen LogP contribution is 2.49. The minimum Gasteiger partial charge on any atom is -0.383 e. The van der Waals surface area contributed by atoms with Crippen LogP contribution in [0.15, 0.2) is 65.4 Å². The van der Waals surface area contributed by atoms with Crippen molar-refractivity contribution in [3.05, 3.63) is 76.5 Å². The summed E-state index contributed by atoms with van der Waals surface area (Å²) in [5.41, 5.74) is 2.94. The number of imidazole rings is 1. The van der Waals surface area contributed by atoms with Gasteiger partial charge in [-0.3, -0.25) is 4.79 Å². The third kappa shape index (κ3) is 4.12. The number of ether oxygens (including phenoxy) is 2. The SMILES string of the molecule is COCCN(CCOC)C(=O)CCC1(c2ccc(Br)cc2)c2ccccc2-c2nccn21. The monoisotopic (exact) mass is 497 g/mol. The van der Waals surface area contributed by atoms with Gasteiger partial charge in [0.05, 0.1) is 18.8 Å². The average Bonchev–Trinajstić information content (AvgIpc) is 3.39. The quantitative estimate of drug-likeness (QED) is 0.418. The fraction of sp³-hybridized carbons (Fsp3) is 0.360. The molecule has 1 aliphatic rings. The number of methoxy groups -OCH3 is 2. The van der Waals surface area contributed by atoms with Gasteiger partial charge in [-0.15, -0.1) is 0 Å². The summed E-state index contributed by atoms with van der Waals surface area (Å²) in [5.74, 6) is 1.04. The Bertz CT molecular complexity index is 1060. The van der Waals surface area contributed by atoms with Crippen LogP contribution in [0, 0.1) is 0 Å². The van der Waals surface area contributed by atoms with Crippen molar-refractivity contribution in [2.75, 3.05) is 40.5 Å². The molecule has 3 aromatic rings. The first-order valence-electron chi connectivity index (χ1n) is 10.8. The van der Waals surface area contributed by atoms with Crippen LogP contribution in [0.3, 0.4) is 0 Å². The van der Waals surface area contributed by atoms with Gasteiger partial charge in [-0.2, -0.15) is 0 Å². The molecular formula is C25H28BrN3O3. The molecule has 2 aromatic carbocycles. The summed E-state index contributed by atoms with van der Waals surface area (Å²) in [6.07, 6.45) is 4.89. The lowest BCUT2D eigenvalue weighted by Gasteiger charge is -2.34. The van der Waals surface area contributed by atoms with E-state index in [1.807, 2.05) is 23.4 Å². The Hall–Kier alpha value is -2.48. The predicted octanol–water partition coefficient (Wildman–Crippen LogP) is 4.32. The molecule has 0 aliphatic carbocycles. The van der Waals surface area contributed by atoms with Gasteiger partial charge in [-0.25, -0.2) is 4.98 Å². The number of nitrogens with zero attached hydrogens (tertiary/aromatic N) is 3. The maximum atomic E-state index is 13.3. The molecule has 4 rings (SSSR count). The number of carbonyl (C=O) groups is 1. The maximum Gasteiger partial charge on any atom is 0.222 e. The first-order chi connectivity index (χ1) is 15.6. The van der Waals surface area contributed by atoms with Crippen molar-refractivity contribution in [1.29, 1.82) is 0 Å². The zero-order valence-electron chi connectivity index (χ0n) is 18.5. The van der Waals surface area contributed by atoms with Crippen molar-refractivity contribution in [3.63, 3.8) is 0 Å². The van der Waals surface area contributed by atoms with E-state index >= 15 is 0 Å². The van der Waals surface area contributed by atoms with Crippen molar-refractivity contribution >= 4 is 21.8 Å². The summed E-state index contributed by atoms with van der Waals surface area (Å²) >= 11 is 3.55. The Kier molecular flexibility index (Phi) is 7.08. The number of halogens is 1. The van der Waals surface area contributed by atoms with E-state index < -0.39 is 5.54 Å². The van der Waals surface area contributed by atoms with Gasteiger partial charge in [0.2, 0.25) is 5.91 Å². The van der Waals surface area contributed by atoms with Gasteiger partial charge in [0.1, 0.15) is 5.82 Å². The number of benzene rings is 2. The van der Waals surface area contributed by atoms with Crippen LogP contribution < -0.4 is 0 Å². The second-order valence-electron chi connectivity index (χ2n) is 7.90. The van der Waals surface area contributed by atoms with Crippen LogP contribution in [0.1, 0.15) is 24.0 Å². The number of hydrogen-bond acceptors (Lipinski definition) is 4. The molecule has 0 radical (unpaired) electrons. The molecule has 168 valence electrons. The van der Waals surface area contributed by atoms with Crippen LogP contribution in [0.5, 0.6) is 0 Å². The van der Waals surface area contributed by atoms with E-state index in [4.69, 9.17) is 9.47 Å². The third-order valence-corrected chi connectivity index (χ3v) is 6.70. The van der Waals surface area contributed by atoms with Crippen molar-refractivity contribution in [3.8, 4) is 11.4 Å². The van der Waals surface area contributed by atoms with E-state index in [-0.39, 0.29) is 5.91 Å². The molecule has 0 spiro atoms. The zero-order valence-corrected chi connectivity index (χ0v) is 20.0. The molecule has 32 heavy (non-hydrogen) atoms. The Labute approximate surface area is 197 Å². The highest BCUT2D eigenvalue weighted by atomic mass is 79.9. The third-order valence-electron chi connectivity index (χ3n) is 6.17. The smallest absolute Gasteiger partial charge is 0.222 e. The fourth-order valence-corrected chi connectivity index (χ4v) is 4.87. The molecule has 0 saturated carbocycles. The van der Waals surface area contributed by atoms with Crippen LogP contribution in [0.2, 0.25) is 0 Å². The summed E-state index contributed by atoms with van der Waals surface area (Å²) in [7, 11) is 3.30. The summed E-state index contributed by atoms with van der Waals surface area (Å²) in [6, 6.07) is 16.7. The van der Waals surface area contributed by atoms with E-state index in [1.54, 1.807) is 14.2 Å². The lowest BCUT2D eigenvalue weighted by atomic mass is 9.79.